The number of hydrogen-bond acceptors (Lipinski definition) is 5. The molecule has 0 spiro atoms. The summed E-state index contributed by atoms with van der Waals surface area (Å²) in [5.41, 5.74) is 2.96. The largest absolute Gasteiger partial charge is 0.456 e. The van der Waals surface area contributed by atoms with Gasteiger partial charge in [-0.2, -0.15) is 0 Å². The van der Waals surface area contributed by atoms with Crippen molar-refractivity contribution in [2.45, 2.75) is 43.0 Å². The summed E-state index contributed by atoms with van der Waals surface area (Å²) in [7, 11) is 0. The van der Waals surface area contributed by atoms with Crippen molar-refractivity contribution in [3.63, 3.8) is 0 Å². The summed E-state index contributed by atoms with van der Waals surface area (Å²) < 4.78 is 5.05. The van der Waals surface area contributed by atoms with Gasteiger partial charge in [0.2, 0.25) is 0 Å². The third-order valence-electron chi connectivity index (χ3n) is 5.04. The summed E-state index contributed by atoms with van der Waals surface area (Å²) in [6, 6.07) is 15.3. The standard InChI is InChI=1S/C23H25NO4S/c1-29-18-11-9-17(10-12-18)21(25)13-14-23(27)28-15-22(26)24-20-8-4-6-16-5-2-3-7-19(16)20/h2-3,5,7,9-12,20H,4,6,8,13-15H2,1H3,(H,24,26). The highest BCUT2D eigenvalue weighted by atomic mass is 32.2. The van der Waals surface area contributed by atoms with Crippen LogP contribution in [0.1, 0.15) is 53.2 Å². The molecule has 0 bridgehead atoms. The first-order chi connectivity index (χ1) is 14.1. The first kappa shape index (κ1) is 21.1. The molecule has 0 aliphatic heterocycles. The summed E-state index contributed by atoms with van der Waals surface area (Å²) in [6.07, 6.45) is 4.90. The smallest absolute Gasteiger partial charge is 0.306 e. The maximum absolute atomic E-state index is 12.2. The Morgan fingerprint density at radius 1 is 1.07 bits per heavy atom. The lowest BCUT2D eigenvalue weighted by molar-refractivity contribution is -0.148. The second-order valence-electron chi connectivity index (χ2n) is 7.02. The van der Waals surface area contributed by atoms with Crippen molar-refractivity contribution in [1.29, 1.82) is 0 Å². The molecule has 2 aromatic carbocycles. The molecule has 1 atom stereocenters. The van der Waals surface area contributed by atoms with Crippen LogP contribution in [0.25, 0.3) is 0 Å². The molecule has 0 saturated heterocycles. The monoisotopic (exact) mass is 411 g/mol. The van der Waals surface area contributed by atoms with Crippen LogP contribution in [0.5, 0.6) is 0 Å². The molecule has 1 unspecified atom stereocenters. The van der Waals surface area contributed by atoms with Gasteiger partial charge in [0.25, 0.3) is 5.91 Å². The number of thioether (sulfide) groups is 1. The van der Waals surface area contributed by atoms with Gasteiger partial charge in [-0.25, -0.2) is 0 Å². The molecule has 29 heavy (non-hydrogen) atoms. The predicted octanol–water partition coefficient (Wildman–Crippen LogP) is 4.11. The normalized spacial score (nSPS) is 15.3. The average Bonchev–Trinajstić information content (AvgIpc) is 2.76. The molecule has 3 rings (SSSR count). The molecule has 1 N–H and O–H groups in total. The van der Waals surface area contributed by atoms with E-state index in [2.05, 4.69) is 11.4 Å². The Morgan fingerprint density at radius 3 is 2.59 bits per heavy atom. The van der Waals surface area contributed by atoms with Crippen molar-refractivity contribution < 1.29 is 19.1 Å². The lowest BCUT2D eigenvalue weighted by atomic mass is 9.88. The highest BCUT2D eigenvalue weighted by Crippen LogP contribution is 2.29. The van der Waals surface area contributed by atoms with E-state index in [1.165, 1.54) is 5.56 Å². The fourth-order valence-electron chi connectivity index (χ4n) is 3.49. The Hall–Kier alpha value is -2.60. The zero-order valence-electron chi connectivity index (χ0n) is 16.5. The summed E-state index contributed by atoms with van der Waals surface area (Å²) in [5.74, 6) is -0.977. The lowest BCUT2D eigenvalue weighted by Gasteiger charge is -2.26. The fraction of sp³-hybridized carbons (Fsp3) is 0.348. The predicted molar refractivity (Wildman–Crippen MR) is 113 cm³/mol. The number of aryl methyl sites for hydroxylation is 1. The lowest BCUT2D eigenvalue weighted by Crippen LogP contribution is -2.34. The number of fused-ring (bicyclic) bond motifs is 1. The van der Waals surface area contributed by atoms with Crippen LogP contribution in [-0.4, -0.2) is 30.5 Å². The molecule has 1 aliphatic carbocycles. The van der Waals surface area contributed by atoms with Crippen molar-refractivity contribution in [2.24, 2.45) is 0 Å². The highest BCUT2D eigenvalue weighted by molar-refractivity contribution is 7.98. The maximum atomic E-state index is 12.2. The van der Waals surface area contributed by atoms with Crippen molar-refractivity contribution in [3.05, 3.63) is 65.2 Å². The van der Waals surface area contributed by atoms with Crippen LogP contribution in [0.3, 0.4) is 0 Å². The Bertz CT molecular complexity index is 879. The number of rotatable bonds is 8. The van der Waals surface area contributed by atoms with Crippen LogP contribution in [-0.2, 0) is 20.7 Å². The fourth-order valence-corrected chi connectivity index (χ4v) is 3.90. The zero-order valence-corrected chi connectivity index (χ0v) is 17.3. The molecule has 6 heteroatoms. The molecular weight excluding hydrogens is 386 g/mol. The highest BCUT2D eigenvalue weighted by Gasteiger charge is 2.21. The number of carbonyl (C=O) groups excluding carboxylic acids is 3. The minimum Gasteiger partial charge on any atom is -0.456 e. The molecule has 0 saturated carbocycles. The Labute approximate surface area is 175 Å². The minimum absolute atomic E-state index is 0.0390. The third kappa shape index (κ3) is 5.94. The van der Waals surface area contributed by atoms with E-state index in [1.807, 2.05) is 36.6 Å². The Kier molecular flexibility index (Phi) is 7.47. The molecule has 0 radical (unpaired) electrons. The second kappa shape index (κ2) is 10.3. The van der Waals surface area contributed by atoms with Crippen LogP contribution in [0.15, 0.2) is 53.4 Å². The van der Waals surface area contributed by atoms with Crippen LogP contribution >= 0.6 is 11.8 Å². The molecule has 5 nitrogen and oxygen atoms in total. The minimum atomic E-state index is -0.543. The molecular formula is C23H25NO4S. The van der Waals surface area contributed by atoms with Gasteiger partial charge in [0, 0.05) is 16.9 Å². The number of Topliss-reactive ketones (excluding diaryl/α,β-unsaturated/α-hetero) is 1. The third-order valence-corrected chi connectivity index (χ3v) is 5.78. The SMILES string of the molecule is CSc1ccc(C(=O)CCC(=O)OCC(=O)NC2CCCc3ccccc32)cc1. The number of carbonyl (C=O) groups is 3. The molecule has 1 aliphatic rings. The maximum Gasteiger partial charge on any atom is 0.306 e. The van der Waals surface area contributed by atoms with E-state index < -0.39 is 5.97 Å². The topological polar surface area (TPSA) is 72.5 Å². The molecule has 2 aromatic rings. The number of ketones is 1. The number of amides is 1. The van der Waals surface area contributed by atoms with Gasteiger partial charge in [0.05, 0.1) is 12.5 Å². The summed E-state index contributed by atoms with van der Waals surface area (Å²) in [6.45, 7) is -0.325. The number of ether oxygens (including phenoxy) is 1. The van der Waals surface area contributed by atoms with E-state index in [1.54, 1.807) is 23.9 Å². The van der Waals surface area contributed by atoms with Crippen molar-refractivity contribution in [3.8, 4) is 0 Å². The van der Waals surface area contributed by atoms with Gasteiger partial charge in [-0.1, -0.05) is 36.4 Å². The van der Waals surface area contributed by atoms with Crippen LogP contribution < -0.4 is 5.32 Å². The number of esters is 1. The quantitative estimate of drug-likeness (QED) is 0.402. The van der Waals surface area contributed by atoms with Crippen LogP contribution in [0.4, 0.5) is 0 Å². The first-order valence-electron chi connectivity index (χ1n) is 9.77. The van der Waals surface area contributed by atoms with Crippen molar-refractivity contribution in [2.75, 3.05) is 12.9 Å². The molecule has 1 amide bonds. The van der Waals surface area contributed by atoms with E-state index in [4.69, 9.17) is 4.74 Å². The zero-order chi connectivity index (χ0) is 20.6. The van der Waals surface area contributed by atoms with E-state index in [-0.39, 0.29) is 37.2 Å². The van der Waals surface area contributed by atoms with E-state index in [0.29, 0.717) is 5.56 Å². The number of nitrogens with one attached hydrogen (secondary N) is 1. The summed E-state index contributed by atoms with van der Waals surface area (Å²) in [4.78, 5) is 37.4. The Balaban J connectivity index is 1.41. The molecule has 0 aromatic heterocycles. The molecule has 152 valence electrons. The van der Waals surface area contributed by atoms with Gasteiger partial charge >= 0.3 is 5.97 Å². The van der Waals surface area contributed by atoms with Gasteiger partial charge in [0.15, 0.2) is 12.4 Å². The number of hydrogen-bond donors (Lipinski definition) is 1. The first-order valence-corrected chi connectivity index (χ1v) is 11.0. The summed E-state index contributed by atoms with van der Waals surface area (Å²) >= 11 is 1.60. The Morgan fingerprint density at radius 2 is 1.83 bits per heavy atom. The molecule has 0 fully saturated rings. The average molecular weight is 412 g/mol. The molecule has 0 heterocycles. The van der Waals surface area contributed by atoms with Crippen molar-refractivity contribution >= 4 is 29.4 Å². The van der Waals surface area contributed by atoms with E-state index in [9.17, 15) is 14.4 Å². The van der Waals surface area contributed by atoms with E-state index in [0.717, 1.165) is 29.7 Å². The van der Waals surface area contributed by atoms with Crippen molar-refractivity contribution in [1.82, 2.24) is 5.32 Å². The summed E-state index contributed by atoms with van der Waals surface area (Å²) in [5, 5.41) is 2.95. The number of benzene rings is 2. The van der Waals surface area contributed by atoms with Gasteiger partial charge in [-0.05, 0) is 48.8 Å². The van der Waals surface area contributed by atoms with E-state index >= 15 is 0 Å². The van der Waals surface area contributed by atoms with Gasteiger partial charge < -0.3 is 10.1 Å². The van der Waals surface area contributed by atoms with Gasteiger partial charge in [-0.3, -0.25) is 14.4 Å². The van der Waals surface area contributed by atoms with Gasteiger partial charge in [-0.15, -0.1) is 11.8 Å². The van der Waals surface area contributed by atoms with Crippen LogP contribution in [0, 0.1) is 0 Å². The second-order valence-corrected chi connectivity index (χ2v) is 7.90. The van der Waals surface area contributed by atoms with Crippen LogP contribution in [0.2, 0.25) is 0 Å². The van der Waals surface area contributed by atoms with Gasteiger partial charge in [0.1, 0.15) is 0 Å².